The van der Waals surface area contributed by atoms with E-state index in [1.807, 2.05) is 0 Å². The van der Waals surface area contributed by atoms with E-state index in [4.69, 9.17) is 36.3 Å². The highest BCUT2D eigenvalue weighted by Gasteiger charge is 2.31. The van der Waals surface area contributed by atoms with E-state index in [0.717, 1.165) is 14.0 Å². The molecule has 1 saturated heterocycles. The molecule has 1 aliphatic rings. The molecule has 0 radical (unpaired) electrons. The van der Waals surface area contributed by atoms with Gasteiger partial charge in [0.25, 0.3) is 0 Å². The van der Waals surface area contributed by atoms with Crippen LogP contribution in [0.1, 0.15) is 76.1 Å². The summed E-state index contributed by atoms with van der Waals surface area (Å²) in [5, 5.41) is -3.03. The molecule has 1 aromatic heterocycles. The zero-order valence-corrected chi connectivity index (χ0v) is 27.6. The first-order chi connectivity index (χ1) is 37.3. The molecule has 1 aliphatic heterocycles. The van der Waals surface area contributed by atoms with E-state index in [-0.39, 0.29) is 0 Å². The van der Waals surface area contributed by atoms with E-state index in [2.05, 4.69) is 0 Å². The third-order valence-corrected chi connectivity index (χ3v) is 7.41. The highest BCUT2D eigenvalue weighted by atomic mass is 32.2. The standard InChI is InChI=1S/C41H40F5N3O3S/c1-27-6-15-36-34(22-27)37(50)23-39(53-26-31-4-3-5-35(42)40(31)43)49(36)25-38(51)48(33-16-18-47(19-17-33)20-21-52-2)24-28-7-9-29(10-8-28)30-11-13-32(14-12-30)41(44,45)46/h3-15,22-23,33H,16-21,24-26H2,1-2H3/i3D,4D,5D,6D,7D,8D,9D,10D,11D,12D,13D,14D,15D,16D2,17D2,18D2,19D2,20D2,22D,23D,25D2,26D2,33D. The van der Waals surface area contributed by atoms with Crippen LogP contribution in [0.25, 0.3) is 22.0 Å². The minimum atomic E-state index is -5.57. The molecule has 278 valence electrons. The second-order valence-corrected chi connectivity index (χ2v) is 11.0. The molecule has 0 N–H and O–H groups in total. The predicted octanol–water partition coefficient (Wildman–Crippen LogP) is 8.71. The Morgan fingerprint density at radius 3 is 2.36 bits per heavy atom. The van der Waals surface area contributed by atoms with Crippen molar-refractivity contribution in [1.82, 2.24) is 14.4 Å². The van der Waals surface area contributed by atoms with Crippen molar-refractivity contribution in [1.29, 1.82) is 0 Å². The van der Waals surface area contributed by atoms with Gasteiger partial charge in [-0.3, -0.25) is 9.59 Å². The minimum absolute atomic E-state index is 0.421. The lowest BCUT2D eigenvalue weighted by atomic mass is 10.00. The van der Waals surface area contributed by atoms with Gasteiger partial charge in [-0.05, 0) is 66.6 Å². The summed E-state index contributed by atoms with van der Waals surface area (Å²) in [6.07, 6.45) is -15.2. The number of amides is 1. The summed E-state index contributed by atoms with van der Waals surface area (Å²) in [5.74, 6) is -7.50. The summed E-state index contributed by atoms with van der Waals surface area (Å²) in [6.45, 7) is -20.3. The Bertz CT molecular complexity index is 3560. The molecule has 1 amide bonds. The van der Waals surface area contributed by atoms with Gasteiger partial charge in [0.1, 0.15) is 6.50 Å². The number of methoxy groups -OCH3 is 1. The highest BCUT2D eigenvalue weighted by molar-refractivity contribution is 7.98. The number of pyridine rings is 1. The molecule has 0 bridgehead atoms. The number of hydrogen-bond donors (Lipinski definition) is 0. The Balaban J connectivity index is 1.83. The fraction of sp³-hybridized carbons (Fsp3) is 0.317. The lowest BCUT2D eigenvalue weighted by Gasteiger charge is -2.39. The smallest absolute Gasteiger partial charge is 0.383 e. The number of piperidine rings is 1. The number of alkyl halides is 3. The van der Waals surface area contributed by atoms with Gasteiger partial charge >= 0.3 is 6.18 Å². The molecular formula is C41H40F5N3O3S. The number of halogens is 5. The van der Waals surface area contributed by atoms with Crippen molar-refractivity contribution in [2.45, 2.75) is 55.6 Å². The number of carbonyl (C=O) groups is 1. The Morgan fingerprint density at radius 2 is 1.70 bits per heavy atom. The average Bonchev–Trinajstić information content (AvgIpc) is 0.850. The van der Waals surface area contributed by atoms with Crippen molar-refractivity contribution in [2.24, 2.45) is 0 Å². The van der Waals surface area contributed by atoms with Gasteiger partial charge in [-0.2, -0.15) is 13.2 Å². The summed E-state index contributed by atoms with van der Waals surface area (Å²) < 4.78 is 342. The number of benzene rings is 4. The number of hydrogen-bond acceptors (Lipinski definition) is 5. The number of nitrogens with zero attached hydrogens (tertiary/aromatic N) is 3. The molecule has 53 heavy (non-hydrogen) atoms. The van der Waals surface area contributed by atoms with Crippen molar-refractivity contribution < 1.29 is 72.6 Å². The lowest BCUT2D eigenvalue weighted by Crippen LogP contribution is -2.48. The number of aromatic nitrogens is 1. The van der Waals surface area contributed by atoms with E-state index in [9.17, 15) is 27.6 Å². The Hall–Kier alpha value is -4.52. The summed E-state index contributed by atoms with van der Waals surface area (Å²) >= 11 is -0.810. The van der Waals surface area contributed by atoms with Crippen LogP contribution in [-0.4, -0.2) is 59.5 Å². The molecule has 5 aromatic rings. The van der Waals surface area contributed by atoms with Crippen molar-refractivity contribution in [3.63, 3.8) is 0 Å². The zero-order valence-electron chi connectivity index (χ0n) is 56.8. The third-order valence-electron chi connectivity index (χ3n) is 6.63. The molecule has 0 spiro atoms. The number of rotatable bonds is 12. The Morgan fingerprint density at radius 1 is 1.02 bits per heavy atom. The molecule has 12 heteroatoms. The first-order valence-corrected chi connectivity index (χ1v) is 15.3. The molecule has 2 heterocycles. The van der Waals surface area contributed by atoms with Crippen LogP contribution in [0, 0.1) is 18.6 Å². The van der Waals surface area contributed by atoms with Crippen LogP contribution in [0.3, 0.4) is 0 Å². The van der Waals surface area contributed by atoms with Crippen molar-refractivity contribution in [3.05, 3.63) is 135 Å². The van der Waals surface area contributed by atoms with Crippen molar-refractivity contribution >= 4 is 28.6 Å². The van der Waals surface area contributed by atoms with E-state index in [1.165, 1.54) is 0 Å². The zero-order chi connectivity index (χ0) is 64.2. The van der Waals surface area contributed by atoms with Gasteiger partial charge in [0.15, 0.2) is 17.1 Å². The van der Waals surface area contributed by atoms with Crippen LogP contribution in [-0.2, 0) is 34.5 Å². The molecule has 0 aliphatic carbocycles. The molecule has 0 unspecified atom stereocenters. The fourth-order valence-corrected chi connectivity index (χ4v) is 4.88. The van der Waals surface area contributed by atoms with Gasteiger partial charge in [0, 0.05) is 78.3 Å². The highest BCUT2D eigenvalue weighted by Crippen LogP contribution is 2.32. The van der Waals surface area contributed by atoms with Gasteiger partial charge < -0.3 is 19.1 Å². The maximum Gasteiger partial charge on any atom is 0.416 e. The first kappa shape index (κ1) is 15.7. The maximum atomic E-state index is 16.0. The fourth-order valence-electron chi connectivity index (χ4n) is 4.17. The topological polar surface area (TPSA) is 54.8 Å². The van der Waals surface area contributed by atoms with Crippen LogP contribution in [0.15, 0.2) is 100 Å². The van der Waals surface area contributed by atoms with Crippen LogP contribution in [0.5, 0.6) is 0 Å². The van der Waals surface area contributed by atoms with E-state index in [1.54, 1.807) is 0 Å². The van der Waals surface area contributed by atoms with Crippen LogP contribution in [0.2, 0.25) is 0 Å². The summed E-state index contributed by atoms with van der Waals surface area (Å²) in [4.78, 5) is 28.6. The molecular weight excluding hydrogens is 710 g/mol. The van der Waals surface area contributed by atoms with E-state index >= 15 is 13.6 Å². The van der Waals surface area contributed by atoms with Gasteiger partial charge in [0.05, 0.1) is 47.4 Å². The second kappa shape index (κ2) is 16.7. The van der Waals surface area contributed by atoms with E-state index < -0.39 is 259 Å². The van der Waals surface area contributed by atoms with Crippen molar-refractivity contribution in [3.8, 4) is 11.1 Å². The van der Waals surface area contributed by atoms with Crippen LogP contribution in [0.4, 0.5) is 22.0 Å². The first-order valence-electron chi connectivity index (χ1n) is 29.5. The number of likely N-dealkylation sites (tertiary alicyclic amines) is 1. The molecule has 1 fully saturated rings. The number of thioether (sulfide) groups is 1. The molecule has 0 saturated carbocycles. The number of ether oxygens (including phenoxy) is 1. The molecule has 4 aromatic carbocycles. The molecule has 0 atom stereocenters. The Labute approximate surface area is 351 Å². The Kier molecular flexibility index (Phi) is 4.93. The molecule has 6 nitrogen and oxygen atoms in total. The predicted molar refractivity (Wildman–Crippen MR) is 198 cm³/mol. The second-order valence-electron chi connectivity index (χ2n) is 10.3. The van der Waals surface area contributed by atoms with E-state index in [0.29, 0.717) is 0 Å². The SMILES string of the molecule is [2H]c1c([2H])c(F)c(F)c(C([2H])([2H])Sc2c([2H])c(=O)c3c([2H])c(C)c([2H])c([2H])c3n2C([2H])([2H])C(=O)N(Cc2c([2H])c([2H])c(-c3c([2H])c([2H])c(C(F)(F)F)c([2H])c3[2H])c([2H])c2[2H])C2([2H])C([2H])([2H])C([2H])([2H])N(C([2H])([2H])COC)C([2H])([2H])C2([2H])[2H])c1[2H]. The van der Waals surface area contributed by atoms with Gasteiger partial charge in [0.2, 0.25) is 5.91 Å². The maximum absolute atomic E-state index is 16.0. The summed E-state index contributed by atoms with van der Waals surface area (Å²) in [5.41, 5.74) is -16.0. The quantitative estimate of drug-likeness (QED) is 0.0938. The molecule has 6 rings (SSSR count). The number of fused-ring (bicyclic) bond motifs is 1. The largest absolute Gasteiger partial charge is 0.416 e. The minimum Gasteiger partial charge on any atom is -0.383 e. The van der Waals surface area contributed by atoms with Crippen molar-refractivity contribution in [2.75, 3.05) is 33.2 Å². The normalized spacial score (nSPS) is 27.5. The summed E-state index contributed by atoms with van der Waals surface area (Å²) in [7, 11) is 0.778. The van der Waals surface area contributed by atoms with Gasteiger partial charge in [-0.1, -0.05) is 59.9 Å². The summed E-state index contributed by atoms with van der Waals surface area (Å²) in [6, 6.07) is -28.5. The lowest BCUT2D eigenvalue weighted by molar-refractivity contribution is -0.137. The monoisotopic (exact) mass is 779 g/mol. The van der Waals surface area contributed by atoms with Crippen LogP contribution < -0.4 is 5.43 Å². The third kappa shape index (κ3) is 9.17. The van der Waals surface area contributed by atoms with Gasteiger partial charge in [-0.15, -0.1) is 11.8 Å². The number of carbonyl (C=O) groups excluding carboxylic acids is 1. The van der Waals surface area contributed by atoms with Crippen LogP contribution >= 0.6 is 11.8 Å². The average molecular weight is 780 g/mol. The van der Waals surface area contributed by atoms with Gasteiger partial charge in [-0.25, -0.2) is 8.78 Å².